The van der Waals surface area contributed by atoms with Gasteiger partial charge in [0.25, 0.3) is 0 Å². The number of hydrogen-bond acceptors (Lipinski definition) is 2. The topological polar surface area (TPSA) is 21.3 Å². The van der Waals surface area contributed by atoms with Crippen LogP contribution in [-0.4, -0.2) is 19.8 Å². The molecule has 0 aliphatic heterocycles. The molecule has 1 atom stereocenters. The summed E-state index contributed by atoms with van der Waals surface area (Å²) in [5.74, 6) is -0.189. The van der Waals surface area contributed by atoms with E-state index in [1.54, 1.807) is 12.1 Å². The molecular weight excluding hydrogens is 193 g/mol. The van der Waals surface area contributed by atoms with Gasteiger partial charge in [0.15, 0.2) is 0 Å². The van der Waals surface area contributed by atoms with Crippen molar-refractivity contribution in [1.29, 1.82) is 0 Å². The van der Waals surface area contributed by atoms with Crippen molar-refractivity contribution >= 4 is 0 Å². The molecule has 1 aromatic carbocycles. The second-order valence-corrected chi connectivity index (χ2v) is 3.43. The van der Waals surface area contributed by atoms with Crippen molar-refractivity contribution in [2.45, 2.75) is 19.9 Å². The Labute approximate surface area is 90.4 Å². The highest BCUT2D eigenvalue weighted by Crippen LogP contribution is 2.12. The number of halogens is 1. The van der Waals surface area contributed by atoms with Gasteiger partial charge in [-0.1, -0.05) is 12.1 Å². The first kappa shape index (κ1) is 12.1. The van der Waals surface area contributed by atoms with Crippen LogP contribution in [0.5, 0.6) is 0 Å². The molecule has 0 aromatic heterocycles. The predicted molar refractivity (Wildman–Crippen MR) is 59.3 cm³/mol. The molecule has 1 aromatic rings. The van der Waals surface area contributed by atoms with Crippen molar-refractivity contribution < 1.29 is 9.13 Å². The lowest BCUT2D eigenvalue weighted by molar-refractivity contribution is 0.147. The van der Waals surface area contributed by atoms with E-state index >= 15 is 0 Å². The first-order chi connectivity index (χ1) is 7.24. The highest BCUT2D eigenvalue weighted by Gasteiger charge is 2.04. The molecule has 0 aliphatic carbocycles. The lowest BCUT2D eigenvalue weighted by Gasteiger charge is -2.14. The lowest BCUT2D eigenvalue weighted by atomic mass is 10.1. The average Bonchev–Trinajstić information content (AvgIpc) is 2.24. The smallest absolute Gasteiger partial charge is 0.123 e. The van der Waals surface area contributed by atoms with Gasteiger partial charge in [-0.05, 0) is 31.5 Å². The minimum Gasteiger partial charge on any atom is -0.380 e. The zero-order valence-electron chi connectivity index (χ0n) is 9.29. The summed E-state index contributed by atoms with van der Waals surface area (Å²) < 4.78 is 18.1. The molecule has 0 heterocycles. The summed E-state index contributed by atoms with van der Waals surface area (Å²) in [5.41, 5.74) is 0.964. The van der Waals surface area contributed by atoms with E-state index in [9.17, 15) is 4.39 Å². The van der Waals surface area contributed by atoms with E-state index in [4.69, 9.17) is 4.74 Å². The first-order valence-electron chi connectivity index (χ1n) is 5.30. The van der Waals surface area contributed by atoms with E-state index in [1.807, 2.05) is 19.9 Å². The van der Waals surface area contributed by atoms with Crippen molar-refractivity contribution in [3.8, 4) is 0 Å². The van der Waals surface area contributed by atoms with Gasteiger partial charge in [0.05, 0.1) is 6.61 Å². The van der Waals surface area contributed by atoms with E-state index in [1.165, 1.54) is 6.07 Å². The van der Waals surface area contributed by atoms with E-state index < -0.39 is 0 Å². The standard InChI is InChI=1S/C12H18FNO/c1-3-15-8-7-14-10(2)11-5-4-6-12(13)9-11/h4-6,9-10,14H,3,7-8H2,1-2H3/t10-/m0/s1. The molecule has 84 valence electrons. The molecule has 1 rings (SSSR count). The Hall–Kier alpha value is -0.930. The van der Waals surface area contributed by atoms with Crippen LogP contribution in [0.2, 0.25) is 0 Å². The second kappa shape index (κ2) is 6.53. The molecule has 0 saturated heterocycles. The van der Waals surface area contributed by atoms with Crippen molar-refractivity contribution in [3.05, 3.63) is 35.6 Å². The van der Waals surface area contributed by atoms with Gasteiger partial charge < -0.3 is 10.1 Å². The number of rotatable bonds is 6. The van der Waals surface area contributed by atoms with Crippen LogP contribution < -0.4 is 5.32 Å². The van der Waals surface area contributed by atoms with Gasteiger partial charge in [-0.3, -0.25) is 0 Å². The summed E-state index contributed by atoms with van der Waals surface area (Å²) in [7, 11) is 0. The molecule has 0 spiro atoms. The Balaban J connectivity index is 2.36. The fraction of sp³-hybridized carbons (Fsp3) is 0.500. The molecule has 3 heteroatoms. The van der Waals surface area contributed by atoms with Crippen LogP contribution in [0.15, 0.2) is 24.3 Å². The van der Waals surface area contributed by atoms with Gasteiger partial charge in [0, 0.05) is 19.2 Å². The van der Waals surface area contributed by atoms with Gasteiger partial charge in [-0.25, -0.2) is 4.39 Å². The third-order valence-corrected chi connectivity index (χ3v) is 2.25. The molecule has 0 bridgehead atoms. The average molecular weight is 211 g/mol. The largest absolute Gasteiger partial charge is 0.380 e. The van der Waals surface area contributed by atoms with Gasteiger partial charge in [0.2, 0.25) is 0 Å². The molecule has 15 heavy (non-hydrogen) atoms. The van der Waals surface area contributed by atoms with Gasteiger partial charge >= 0.3 is 0 Å². The quantitative estimate of drug-likeness (QED) is 0.730. The molecule has 2 nitrogen and oxygen atoms in total. The number of ether oxygens (including phenoxy) is 1. The summed E-state index contributed by atoms with van der Waals surface area (Å²) >= 11 is 0. The van der Waals surface area contributed by atoms with E-state index in [0.717, 1.165) is 18.7 Å². The number of hydrogen-bond donors (Lipinski definition) is 1. The van der Waals surface area contributed by atoms with Crippen molar-refractivity contribution in [3.63, 3.8) is 0 Å². The zero-order chi connectivity index (χ0) is 11.1. The van der Waals surface area contributed by atoms with Crippen LogP contribution in [0, 0.1) is 5.82 Å². The number of nitrogens with one attached hydrogen (secondary N) is 1. The van der Waals surface area contributed by atoms with Crippen molar-refractivity contribution in [2.24, 2.45) is 0 Å². The Morgan fingerprint density at radius 1 is 1.47 bits per heavy atom. The summed E-state index contributed by atoms with van der Waals surface area (Å²) in [4.78, 5) is 0. The number of benzene rings is 1. The zero-order valence-corrected chi connectivity index (χ0v) is 9.29. The van der Waals surface area contributed by atoms with Gasteiger partial charge in [-0.2, -0.15) is 0 Å². The minimum atomic E-state index is -0.189. The van der Waals surface area contributed by atoms with E-state index in [-0.39, 0.29) is 11.9 Å². The van der Waals surface area contributed by atoms with Crippen molar-refractivity contribution in [2.75, 3.05) is 19.8 Å². The van der Waals surface area contributed by atoms with Crippen LogP contribution in [0.3, 0.4) is 0 Å². The van der Waals surface area contributed by atoms with E-state index in [0.29, 0.717) is 6.61 Å². The molecule has 0 aliphatic rings. The van der Waals surface area contributed by atoms with Crippen LogP contribution in [0.25, 0.3) is 0 Å². The van der Waals surface area contributed by atoms with Gasteiger partial charge in [-0.15, -0.1) is 0 Å². The van der Waals surface area contributed by atoms with E-state index in [2.05, 4.69) is 5.32 Å². The molecule has 0 amide bonds. The normalized spacial score (nSPS) is 12.7. The maximum absolute atomic E-state index is 12.9. The van der Waals surface area contributed by atoms with Crippen LogP contribution in [-0.2, 0) is 4.74 Å². The fourth-order valence-electron chi connectivity index (χ4n) is 1.39. The summed E-state index contributed by atoms with van der Waals surface area (Å²) in [6, 6.07) is 6.81. The van der Waals surface area contributed by atoms with Crippen LogP contribution >= 0.6 is 0 Å². The Bertz CT molecular complexity index is 291. The molecule has 0 saturated carbocycles. The second-order valence-electron chi connectivity index (χ2n) is 3.43. The Morgan fingerprint density at radius 2 is 2.27 bits per heavy atom. The maximum Gasteiger partial charge on any atom is 0.123 e. The third-order valence-electron chi connectivity index (χ3n) is 2.25. The predicted octanol–water partition coefficient (Wildman–Crippen LogP) is 2.51. The lowest BCUT2D eigenvalue weighted by Crippen LogP contribution is -2.23. The molecular formula is C12H18FNO. The Morgan fingerprint density at radius 3 is 2.93 bits per heavy atom. The highest BCUT2D eigenvalue weighted by molar-refractivity contribution is 5.19. The minimum absolute atomic E-state index is 0.154. The molecule has 0 unspecified atom stereocenters. The summed E-state index contributed by atoms with van der Waals surface area (Å²) in [6.07, 6.45) is 0. The Kier molecular flexibility index (Phi) is 5.29. The fourth-order valence-corrected chi connectivity index (χ4v) is 1.39. The summed E-state index contributed by atoms with van der Waals surface area (Å²) in [6.45, 7) is 6.19. The SMILES string of the molecule is CCOCCN[C@@H](C)c1cccc(F)c1. The summed E-state index contributed by atoms with van der Waals surface area (Å²) in [5, 5.41) is 3.27. The van der Waals surface area contributed by atoms with Gasteiger partial charge in [0.1, 0.15) is 5.82 Å². The van der Waals surface area contributed by atoms with Crippen molar-refractivity contribution in [1.82, 2.24) is 5.32 Å². The first-order valence-corrected chi connectivity index (χ1v) is 5.30. The molecule has 0 radical (unpaired) electrons. The highest BCUT2D eigenvalue weighted by atomic mass is 19.1. The monoisotopic (exact) mass is 211 g/mol. The third kappa shape index (κ3) is 4.40. The van der Waals surface area contributed by atoms with Crippen LogP contribution in [0.4, 0.5) is 4.39 Å². The molecule has 1 N–H and O–H groups in total. The van der Waals surface area contributed by atoms with Crippen LogP contribution in [0.1, 0.15) is 25.5 Å². The molecule has 0 fully saturated rings. The maximum atomic E-state index is 12.9.